The lowest BCUT2D eigenvalue weighted by Crippen LogP contribution is -2.45. The van der Waals surface area contributed by atoms with E-state index in [0.717, 1.165) is 4.90 Å². The van der Waals surface area contributed by atoms with E-state index in [1.807, 2.05) is 0 Å². The Morgan fingerprint density at radius 1 is 1.19 bits per heavy atom. The number of alkyl halides is 4. The molecule has 26 heavy (non-hydrogen) atoms. The van der Waals surface area contributed by atoms with E-state index >= 15 is 4.39 Å². The number of ether oxygens (including phenoxy) is 1. The molecule has 2 aliphatic rings. The van der Waals surface area contributed by atoms with Crippen molar-refractivity contribution in [2.75, 3.05) is 13.2 Å². The molecule has 0 unspecified atom stereocenters. The number of hydrogen-bond acceptors (Lipinski definition) is 3. The maximum atomic E-state index is 15.1. The molecule has 0 aromatic heterocycles. The molecule has 4 atom stereocenters. The number of nitrogens with zero attached hydrogens (tertiary/aromatic N) is 1. The minimum atomic E-state index is -4.47. The number of carbonyl (C=O) groups is 2. The van der Waals surface area contributed by atoms with E-state index in [1.54, 1.807) is 30.3 Å². The van der Waals surface area contributed by atoms with E-state index in [9.17, 15) is 22.8 Å². The first-order valence-electron chi connectivity index (χ1n) is 8.52. The van der Waals surface area contributed by atoms with Gasteiger partial charge in [-0.25, -0.2) is 14.1 Å². The van der Waals surface area contributed by atoms with Gasteiger partial charge >= 0.3 is 12.3 Å². The molecule has 0 bridgehead atoms. The van der Waals surface area contributed by atoms with Crippen molar-refractivity contribution in [1.82, 2.24) is 4.90 Å². The minimum absolute atomic E-state index is 0.0523. The predicted octanol–water partition coefficient (Wildman–Crippen LogP) is 4.07. The number of amides is 2. The molecule has 1 aliphatic heterocycles. The van der Waals surface area contributed by atoms with Gasteiger partial charge in [0.1, 0.15) is 12.8 Å². The number of rotatable bonds is 3. The van der Waals surface area contributed by atoms with Crippen LogP contribution in [0.4, 0.5) is 22.4 Å². The molecule has 1 aromatic rings. The fraction of sp³-hybridized carbons (Fsp3) is 0.556. The summed E-state index contributed by atoms with van der Waals surface area (Å²) in [5.41, 5.74) is 0.470. The molecule has 142 valence electrons. The molecule has 0 spiro atoms. The summed E-state index contributed by atoms with van der Waals surface area (Å²) in [7, 11) is 0. The first kappa shape index (κ1) is 18.7. The molecular formula is C18H19F4NO3. The largest absolute Gasteiger partial charge is 0.447 e. The molecule has 1 aliphatic carbocycles. The third-order valence-corrected chi connectivity index (χ3v) is 5.10. The minimum Gasteiger partial charge on any atom is -0.447 e. The summed E-state index contributed by atoms with van der Waals surface area (Å²) in [6.07, 6.45) is -8.24. The first-order valence-corrected chi connectivity index (χ1v) is 8.52. The standard InChI is InChI=1S/C18H19F4NO3/c19-15-12(10-18(20,21)22)6-7-13(14(15)11-4-2-1-3-5-11)16(24)23-8-9-26-17(23)25/h1-5,12-15H,6-10H2/t12-,13-,14-,15-/m0/s1. The SMILES string of the molecule is O=C1OCCN1C(=O)[C@H]1CC[C@@H](CC(F)(F)F)[C@H](F)[C@H]1c1ccccc1. The lowest BCUT2D eigenvalue weighted by atomic mass is 9.68. The normalized spacial score (nSPS) is 29.5. The Balaban J connectivity index is 1.89. The molecule has 0 radical (unpaired) electrons. The highest BCUT2D eigenvalue weighted by molar-refractivity contribution is 5.94. The van der Waals surface area contributed by atoms with Gasteiger partial charge in [0.25, 0.3) is 0 Å². The quantitative estimate of drug-likeness (QED) is 0.751. The van der Waals surface area contributed by atoms with Gasteiger partial charge in [-0.05, 0) is 24.3 Å². The fourth-order valence-electron chi connectivity index (χ4n) is 3.92. The Bertz CT molecular complexity index is 664. The monoisotopic (exact) mass is 373 g/mol. The average Bonchev–Trinajstić information content (AvgIpc) is 3.01. The van der Waals surface area contributed by atoms with Crippen LogP contribution in [0.1, 0.15) is 30.7 Å². The highest BCUT2D eigenvalue weighted by Crippen LogP contribution is 2.46. The van der Waals surface area contributed by atoms with Crippen molar-refractivity contribution in [3.8, 4) is 0 Å². The number of halogens is 4. The second kappa shape index (κ2) is 7.25. The molecule has 1 saturated heterocycles. The maximum absolute atomic E-state index is 15.1. The molecule has 1 saturated carbocycles. The van der Waals surface area contributed by atoms with Crippen molar-refractivity contribution in [3.63, 3.8) is 0 Å². The van der Waals surface area contributed by atoms with Gasteiger partial charge in [0.05, 0.1) is 6.54 Å². The fourth-order valence-corrected chi connectivity index (χ4v) is 3.92. The van der Waals surface area contributed by atoms with Crippen molar-refractivity contribution < 1.29 is 31.9 Å². The Hall–Kier alpha value is -2.12. The Labute approximate surface area is 148 Å². The van der Waals surface area contributed by atoms with Crippen LogP contribution in [0.5, 0.6) is 0 Å². The number of benzene rings is 1. The Morgan fingerprint density at radius 2 is 1.88 bits per heavy atom. The second-order valence-electron chi connectivity index (χ2n) is 6.75. The summed E-state index contributed by atoms with van der Waals surface area (Å²) in [5.74, 6) is -3.68. The maximum Gasteiger partial charge on any atom is 0.416 e. The first-order chi connectivity index (χ1) is 12.3. The summed E-state index contributed by atoms with van der Waals surface area (Å²) >= 11 is 0. The molecule has 1 aromatic carbocycles. The van der Waals surface area contributed by atoms with Gasteiger partial charge in [0.15, 0.2) is 0 Å². The number of imide groups is 1. The van der Waals surface area contributed by atoms with Crippen LogP contribution >= 0.6 is 0 Å². The molecule has 2 amide bonds. The molecule has 8 heteroatoms. The van der Waals surface area contributed by atoms with Crippen molar-refractivity contribution in [1.29, 1.82) is 0 Å². The topological polar surface area (TPSA) is 46.6 Å². The molecule has 2 fully saturated rings. The third kappa shape index (κ3) is 3.83. The van der Waals surface area contributed by atoms with Gasteiger partial charge < -0.3 is 4.74 Å². The Kier molecular flexibility index (Phi) is 5.20. The van der Waals surface area contributed by atoms with Crippen LogP contribution in [0.25, 0.3) is 0 Å². The lowest BCUT2D eigenvalue weighted by Gasteiger charge is -2.39. The van der Waals surface area contributed by atoms with Crippen LogP contribution in [0.3, 0.4) is 0 Å². The van der Waals surface area contributed by atoms with Gasteiger partial charge in [-0.3, -0.25) is 4.79 Å². The number of cyclic esters (lactones) is 1. The van der Waals surface area contributed by atoms with Crippen LogP contribution in [-0.2, 0) is 9.53 Å². The average molecular weight is 373 g/mol. The highest BCUT2D eigenvalue weighted by Gasteiger charge is 2.49. The van der Waals surface area contributed by atoms with Gasteiger partial charge in [0.2, 0.25) is 5.91 Å². The molecule has 1 heterocycles. The van der Waals surface area contributed by atoms with Crippen molar-refractivity contribution in [2.24, 2.45) is 11.8 Å². The summed E-state index contributed by atoms with van der Waals surface area (Å²) in [6, 6.07) is 8.23. The zero-order valence-corrected chi connectivity index (χ0v) is 13.9. The Morgan fingerprint density at radius 3 is 2.46 bits per heavy atom. The van der Waals surface area contributed by atoms with E-state index in [4.69, 9.17) is 4.74 Å². The zero-order chi connectivity index (χ0) is 18.9. The van der Waals surface area contributed by atoms with E-state index < -0.39 is 48.5 Å². The van der Waals surface area contributed by atoms with Crippen LogP contribution in [0.15, 0.2) is 30.3 Å². The number of hydrogen-bond donors (Lipinski definition) is 0. The lowest BCUT2D eigenvalue weighted by molar-refractivity contribution is -0.156. The predicted molar refractivity (Wildman–Crippen MR) is 84.0 cm³/mol. The van der Waals surface area contributed by atoms with Crippen LogP contribution in [-0.4, -0.2) is 42.4 Å². The molecule has 4 nitrogen and oxygen atoms in total. The van der Waals surface area contributed by atoms with Crippen molar-refractivity contribution in [3.05, 3.63) is 35.9 Å². The van der Waals surface area contributed by atoms with Gasteiger partial charge in [-0.1, -0.05) is 30.3 Å². The van der Waals surface area contributed by atoms with Crippen molar-refractivity contribution >= 4 is 12.0 Å². The number of carbonyl (C=O) groups excluding carboxylic acids is 2. The molecular weight excluding hydrogens is 354 g/mol. The van der Waals surface area contributed by atoms with Gasteiger partial charge in [-0.2, -0.15) is 13.2 Å². The highest BCUT2D eigenvalue weighted by atomic mass is 19.4. The van der Waals surface area contributed by atoms with E-state index in [0.29, 0.717) is 5.56 Å². The van der Waals surface area contributed by atoms with Crippen LogP contribution in [0, 0.1) is 11.8 Å². The van der Waals surface area contributed by atoms with Crippen molar-refractivity contribution in [2.45, 2.75) is 37.5 Å². The van der Waals surface area contributed by atoms with E-state index in [1.165, 1.54) is 0 Å². The van der Waals surface area contributed by atoms with E-state index in [2.05, 4.69) is 0 Å². The summed E-state index contributed by atoms with van der Waals surface area (Å²) in [6.45, 7) is 0.154. The zero-order valence-electron chi connectivity index (χ0n) is 13.9. The second-order valence-corrected chi connectivity index (χ2v) is 6.75. The smallest absolute Gasteiger partial charge is 0.416 e. The summed E-state index contributed by atoms with van der Waals surface area (Å²) in [4.78, 5) is 25.4. The van der Waals surface area contributed by atoms with Crippen LogP contribution < -0.4 is 0 Å². The van der Waals surface area contributed by atoms with Gasteiger partial charge in [-0.15, -0.1) is 0 Å². The molecule has 3 rings (SSSR count). The molecule has 0 N–H and O–H groups in total. The third-order valence-electron chi connectivity index (χ3n) is 5.10. The van der Waals surface area contributed by atoms with Crippen LogP contribution in [0.2, 0.25) is 0 Å². The van der Waals surface area contributed by atoms with Gasteiger partial charge in [0, 0.05) is 18.3 Å². The summed E-state index contributed by atoms with van der Waals surface area (Å²) in [5, 5.41) is 0. The van der Waals surface area contributed by atoms with E-state index in [-0.39, 0.29) is 26.0 Å². The summed E-state index contributed by atoms with van der Waals surface area (Å²) < 4.78 is 58.3.